The molecule has 0 saturated heterocycles. The van der Waals surface area contributed by atoms with E-state index in [0.717, 1.165) is 5.41 Å². The zero-order chi connectivity index (χ0) is 9.90. The van der Waals surface area contributed by atoms with Crippen LogP contribution in [-0.4, -0.2) is 8.42 Å². The molecule has 0 radical (unpaired) electrons. The molecule has 0 fully saturated rings. The quantitative estimate of drug-likeness (QED) is 0.717. The Morgan fingerprint density at radius 2 is 2.08 bits per heavy atom. The van der Waals surface area contributed by atoms with Crippen LogP contribution in [0.5, 0.6) is 0 Å². The maximum Gasteiger partial charge on any atom is 0.254 e. The van der Waals surface area contributed by atoms with Crippen LogP contribution in [-0.2, 0) is 9.05 Å². The molecule has 0 atom stereocenters. The summed E-state index contributed by atoms with van der Waals surface area (Å²) in [6.07, 6.45) is 1.23. The van der Waals surface area contributed by atoms with Gasteiger partial charge in [0.25, 0.3) is 9.05 Å². The maximum absolute atomic E-state index is 12.6. The van der Waals surface area contributed by atoms with Crippen LogP contribution >= 0.6 is 10.7 Å². The summed E-state index contributed by atoms with van der Waals surface area (Å²) < 4.78 is 33.5. The van der Waals surface area contributed by atoms with Gasteiger partial charge in [0.2, 0.25) is 0 Å². The Kier molecular flexibility index (Phi) is 3.06. The third-order valence-corrected chi connectivity index (χ3v) is 2.04. The summed E-state index contributed by atoms with van der Waals surface area (Å²) in [6, 6.07) is 5.53. The van der Waals surface area contributed by atoms with Crippen molar-refractivity contribution in [2.24, 2.45) is 0 Å². The van der Waals surface area contributed by atoms with Crippen LogP contribution in [0.25, 0.3) is 6.08 Å². The van der Waals surface area contributed by atoms with Gasteiger partial charge in [0.15, 0.2) is 0 Å². The molecule has 1 aromatic rings. The van der Waals surface area contributed by atoms with Crippen molar-refractivity contribution in [2.45, 2.75) is 0 Å². The predicted octanol–water partition coefficient (Wildman–Crippen LogP) is 2.37. The van der Waals surface area contributed by atoms with Crippen LogP contribution in [0.2, 0.25) is 0 Å². The zero-order valence-electron chi connectivity index (χ0n) is 6.44. The van der Waals surface area contributed by atoms with Crippen molar-refractivity contribution >= 4 is 25.8 Å². The van der Waals surface area contributed by atoms with Gasteiger partial charge in [-0.2, -0.15) is 0 Å². The lowest BCUT2D eigenvalue weighted by atomic mass is 10.2. The number of benzene rings is 1. The lowest BCUT2D eigenvalue weighted by Gasteiger charge is -1.91. The molecule has 1 rings (SSSR count). The first-order valence-electron chi connectivity index (χ1n) is 3.36. The van der Waals surface area contributed by atoms with Gasteiger partial charge in [0.05, 0.1) is 0 Å². The van der Waals surface area contributed by atoms with E-state index in [9.17, 15) is 12.8 Å². The first-order chi connectivity index (χ1) is 5.97. The number of halogens is 2. The third kappa shape index (κ3) is 4.05. The minimum Gasteiger partial charge on any atom is -0.208 e. The van der Waals surface area contributed by atoms with Gasteiger partial charge >= 0.3 is 0 Å². The second-order valence-electron chi connectivity index (χ2n) is 2.33. The Hall–Kier alpha value is -0.870. The summed E-state index contributed by atoms with van der Waals surface area (Å²) in [6.45, 7) is 0. The molecule has 2 nitrogen and oxygen atoms in total. The average Bonchev–Trinajstić information content (AvgIpc) is 2.00. The molecule has 0 heterocycles. The molecule has 0 saturated carbocycles. The fourth-order valence-electron chi connectivity index (χ4n) is 0.770. The van der Waals surface area contributed by atoms with Crippen LogP contribution < -0.4 is 0 Å². The van der Waals surface area contributed by atoms with Crippen molar-refractivity contribution in [3.05, 3.63) is 41.1 Å². The number of rotatable bonds is 2. The predicted molar refractivity (Wildman–Crippen MR) is 50.2 cm³/mol. The Morgan fingerprint density at radius 3 is 2.62 bits per heavy atom. The lowest BCUT2D eigenvalue weighted by Crippen LogP contribution is -1.80. The Morgan fingerprint density at radius 1 is 1.38 bits per heavy atom. The fraction of sp³-hybridized carbons (Fsp3) is 0. The largest absolute Gasteiger partial charge is 0.254 e. The molecule has 1 aromatic carbocycles. The Labute approximate surface area is 80.1 Å². The van der Waals surface area contributed by atoms with Crippen LogP contribution in [0.4, 0.5) is 4.39 Å². The van der Waals surface area contributed by atoms with E-state index >= 15 is 0 Å². The summed E-state index contributed by atoms with van der Waals surface area (Å²) >= 11 is 0. The maximum atomic E-state index is 12.6. The van der Waals surface area contributed by atoms with E-state index in [0.29, 0.717) is 5.56 Å². The fourth-order valence-corrected chi connectivity index (χ4v) is 1.24. The van der Waals surface area contributed by atoms with Crippen molar-refractivity contribution in [1.82, 2.24) is 0 Å². The standard InChI is InChI=1S/C8H6ClFO2S/c9-13(11,12)5-4-7-2-1-3-8(10)6-7/h1-6H/b5-4+. The van der Waals surface area contributed by atoms with Crippen LogP contribution in [0.1, 0.15) is 5.56 Å². The van der Waals surface area contributed by atoms with Crippen molar-refractivity contribution < 1.29 is 12.8 Å². The van der Waals surface area contributed by atoms with Crippen molar-refractivity contribution in [3.8, 4) is 0 Å². The van der Waals surface area contributed by atoms with Crippen LogP contribution in [0.15, 0.2) is 29.7 Å². The Balaban J connectivity index is 2.93. The molecule has 0 aliphatic rings. The molecule has 13 heavy (non-hydrogen) atoms. The molecular formula is C8H6ClFO2S. The summed E-state index contributed by atoms with van der Waals surface area (Å²) in [5.41, 5.74) is 0.448. The molecule has 0 aliphatic heterocycles. The minimum atomic E-state index is -3.67. The number of hydrogen-bond acceptors (Lipinski definition) is 2. The average molecular weight is 221 g/mol. The minimum absolute atomic E-state index is 0.422. The van der Waals surface area contributed by atoms with Crippen molar-refractivity contribution in [3.63, 3.8) is 0 Å². The normalized spacial score (nSPS) is 12.2. The summed E-state index contributed by atoms with van der Waals surface area (Å²) in [5, 5.41) is 0.809. The summed E-state index contributed by atoms with van der Waals surface area (Å²) in [7, 11) is 1.25. The molecule has 0 bridgehead atoms. The van der Waals surface area contributed by atoms with Gasteiger partial charge in [0.1, 0.15) is 5.82 Å². The smallest absolute Gasteiger partial charge is 0.208 e. The molecule has 70 valence electrons. The molecule has 0 N–H and O–H groups in total. The second kappa shape index (κ2) is 3.89. The Bertz CT molecular complexity index is 426. The summed E-state index contributed by atoms with van der Waals surface area (Å²) in [5.74, 6) is -0.422. The first-order valence-corrected chi connectivity index (χ1v) is 5.73. The van der Waals surface area contributed by atoms with E-state index in [1.165, 1.54) is 24.3 Å². The SMILES string of the molecule is O=S(=O)(Cl)/C=C/c1cccc(F)c1. The first kappa shape index (κ1) is 10.2. The van der Waals surface area contributed by atoms with Gasteiger partial charge in [0, 0.05) is 16.1 Å². The van der Waals surface area contributed by atoms with Crippen LogP contribution in [0.3, 0.4) is 0 Å². The molecule has 0 amide bonds. The molecule has 0 aliphatic carbocycles. The monoisotopic (exact) mass is 220 g/mol. The van der Waals surface area contributed by atoms with Crippen molar-refractivity contribution in [2.75, 3.05) is 0 Å². The second-order valence-corrected chi connectivity index (χ2v) is 4.85. The van der Waals surface area contributed by atoms with E-state index in [4.69, 9.17) is 10.7 Å². The lowest BCUT2D eigenvalue weighted by molar-refractivity contribution is 0.617. The zero-order valence-corrected chi connectivity index (χ0v) is 8.02. The third-order valence-electron chi connectivity index (χ3n) is 1.27. The number of hydrogen-bond donors (Lipinski definition) is 0. The molecule has 0 spiro atoms. The highest BCUT2D eigenvalue weighted by Crippen LogP contribution is 2.08. The molecule has 0 unspecified atom stereocenters. The topological polar surface area (TPSA) is 34.1 Å². The highest BCUT2D eigenvalue weighted by Gasteiger charge is 1.97. The van der Waals surface area contributed by atoms with E-state index in [2.05, 4.69) is 0 Å². The van der Waals surface area contributed by atoms with Crippen molar-refractivity contribution in [1.29, 1.82) is 0 Å². The van der Waals surface area contributed by atoms with E-state index in [1.54, 1.807) is 6.07 Å². The van der Waals surface area contributed by atoms with Gasteiger partial charge in [-0.25, -0.2) is 12.8 Å². The van der Waals surface area contributed by atoms with E-state index in [1.807, 2.05) is 0 Å². The van der Waals surface area contributed by atoms with Gasteiger partial charge < -0.3 is 0 Å². The highest BCUT2D eigenvalue weighted by molar-refractivity contribution is 8.16. The molecule has 5 heteroatoms. The van der Waals surface area contributed by atoms with Gasteiger partial charge in [-0.05, 0) is 23.8 Å². The van der Waals surface area contributed by atoms with E-state index in [-0.39, 0.29) is 0 Å². The molecular weight excluding hydrogens is 215 g/mol. The van der Waals surface area contributed by atoms with Crippen LogP contribution in [0, 0.1) is 5.82 Å². The highest BCUT2D eigenvalue weighted by atomic mass is 35.7. The summed E-state index contributed by atoms with van der Waals surface area (Å²) in [4.78, 5) is 0. The van der Waals surface area contributed by atoms with E-state index < -0.39 is 14.9 Å². The molecule has 0 aromatic heterocycles. The van der Waals surface area contributed by atoms with Gasteiger partial charge in [-0.1, -0.05) is 12.1 Å². The van der Waals surface area contributed by atoms with Gasteiger partial charge in [-0.15, -0.1) is 0 Å². The van der Waals surface area contributed by atoms with Gasteiger partial charge in [-0.3, -0.25) is 0 Å².